The summed E-state index contributed by atoms with van der Waals surface area (Å²) in [6, 6.07) is 1.85. The molecule has 2 heterocycles. The molecule has 5 nitrogen and oxygen atoms in total. The van der Waals surface area contributed by atoms with E-state index in [-0.39, 0.29) is 0 Å². The van der Waals surface area contributed by atoms with Crippen molar-refractivity contribution in [1.82, 2.24) is 19.7 Å². The Morgan fingerprint density at radius 2 is 2.08 bits per heavy atom. The number of hydrogen-bond donors (Lipinski definition) is 1. The summed E-state index contributed by atoms with van der Waals surface area (Å²) in [7, 11) is 1.84. The maximum Gasteiger partial charge on any atom is 0.151 e. The summed E-state index contributed by atoms with van der Waals surface area (Å²) in [5, 5.41) is 4.18. The average Bonchev–Trinajstić information content (AvgIpc) is 2.53. The summed E-state index contributed by atoms with van der Waals surface area (Å²) < 4.78 is 1.70. The minimum Gasteiger partial charge on any atom is -0.382 e. The van der Waals surface area contributed by atoms with Crippen molar-refractivity contribution < 1.29 is 0 Å². The predicted molar refractivity (Wildman–Crippen MR) is 48.6 cm³/mol. The van der Waals surface area contributed by atoms with Gasteiger partial charge in [0, 0.05) is 25.6 Å². The van der Waals surface area contributed by atoms with Crippen LogP contribution in [0.25, 0.3) is 11.4 Å². The van der Waals surface area contributed by atoms with Gasteiger partial charge in [-0.15, -0.1) is 0 Å². The zero-order chi connectivity index (χ0) is 9.26. The molecule has 0 saturated heterocycles. The van der Waals surface area contributed by atoms with E-state index >= 15 is 0 Å². The zero-order valence-corrected chi connectivity index (χ0v) is 7.18. The van der Waals surface area contributed by atoms with Crippen molar-refractivity contribution in [3.63, 3.8) is 0 Å². The average molecular weight is 175 g/mol. The Bertz CT molecular complexity index is 420. The van der Waals surface area contributed by atoms with Crippen LogP contribution < -0.4 is 5.73 Å². The van der Waals surface area contributed by atoms with E-state index in [0.29, 0.717) is 11.5 Å². The van der Waals surface area contributed by atoms with Gasteiger partial charge in [0.05, 0.1) is 0 Å². The van der Waals surface area contributed by atoms with Crippen molar-refractivity contribution in [1.29, 1.82) is 0 Å². The Balaban J connectivity index is 2.52. The molecular weight excluding hydrogens is 166 g/mol. The first-order valence-corrected chi connectivity index (χ1v) is 3.84. The highest BCUT2D eigenvalue weighted by atomic mass is 15.3. The third kappa shape index (κ3) is 1.35. The summed E-state index contributed by atoms with van der Waals surface area (Å²) in [5.41, 5.74) is 7.01. The molecule has 0 atom stereocenters. The maximum atomic E-state index is 5.64. The standard InChI is InChI=1S/C8H9N5/c1-13-5-2-6(12-13)7-8(9)11-4-3-10-7/h2-5H,1H3,(H2,9,11). The van der Waals surface area contributed by atoms with Crippen molar-refractivity contribution >= 4 is 5.82 Å². The first kappa shape index (κ1) is 7.72. The van der Waals surface area contributed by atoms with Crippen LogP contribution >= 0.6 is 0 Å². The monoisotopic (exact) mass is 175 g/mol. The van der Waals surface area contributed by atoms with Crippen LogP contribution in [-0.2, 0) is 7.05 Å². The van der Waals surface area contributed by atoms with E-state index in [0.717, 1.165) is 5.69 Å². The fraction of sp³-hybridized carbons (Fsp3) is 0.125. The molecule has 0 aromatic carbocycles. The Kier molecular flexibility index (Phi) is 1.70. The van der Waals surface area contributed by atoms with Crippen LogP contribution in [0.3, 0.4) is 0 Å². The van der Waals surface area contributed by atoms with E-state index in [4.69, 9.17) is 5.73 Å². The summed E-state index contributed by atoms with van der Waals surface area (Å²) >= 11 is 0. The summed E-state index contributed by atoms with van der Waals surface area (Å²) in [6.07, 6.45) is 4.99. The summed E-state index contributed by atoms with van der Waals surface area (Å²) in [5.74, 6) is 0.404. The van der Waals surface area contributed by atoms with E-state index in [2.05, 4.69) is 15.1 Å². The first-order valence-electron chi connectivity index (χ1n) is 3.84. The lowest BCUT2D eigenvalue weighted by atomic mass is 10.3. The fourth-order valence-electron chi connectivity index (χ4n) is 1.09. The van der Waals surface area contributed by atoms with Crippen molar-refractivity contribution in [2.24, 2.45) is 7.05 Å². The van der Waals surface area contributed by atoms with Gasteiger partial charge in [-0.1, -0.05) is 0 Å². The topological polar surface area (TPSA) is 69.6 Å². The number of aryl methyl sites for hydroxylation is 1. The Morgan fingerprint density at radius 1 is 1.31 bits per heavy atom. The third-order valence-electron chi connectivity index (χ3n) is 1.68. The first-order chi connectivity index (χ1) is 6.27. The molecule has 2 rings (SSSR count). The van der Waals surface area contributed by atoms with Gasteiger partial charge < -0.3 is 5.73 Å². The number of nitrogens with two attached hydrogens (primary N) is 1. The Hall–Kier alpha value is -1.91. The third-order valence-corrected chi connectivity index (χ3v) is 1.68. The van der Waals surface area contributed by atoms with E-state index in [1.54, 1.807) is 17.1 Å². The minimum atomic E-state index is 0.404. The minimum absolute atomic E-state index is 0.404. The summed E-state index contributed by atoms with van der Waals surface area (Å²) in [4.78, 5) is 8.03. The molecule has 0 aliphatic heterocycles. The van der Waals surface area contributed by atoms with Gasteiger partial charge in [-0.2, -0.15) is 5.10 Å². The smallest absolute Gasteiger partial charge is 0.151 e. The van der Waals surface area contributed by atoms with Crippen molar-refractivity contribution in [3.8, 4) is 11.4 Å². The Labute approximate surface area is 75.2 Å². The molecule has 0 aliphatic carbocycles. The van der Waals surface area contributed by atoms with Crippen LogP contribution in [0.1, 0.15) is 0 Å². The molecule has 0 unspecified atom stereocenters. The van der Waals surface area contributed by atoms with Gasteiger partial charge >= 0.3 is 0 Å². The van der Waals surface area contributed by atoms with E-state index in [1.807, 2.05) is 19.3 Å². The van der Waals surface area contributed by atoms with Gasteiger partial charge in [0.15, 0.2) is 5.82 Å². The highest BCUT2D eigenvalue weighted by Crippen LogP contribution is 2.17. The lowest BCUT2D eigenvalue weighted by Crippen LogP contribution is -1.97. The molecule has 5 heteroatoms. The number of rotatable bonds is 1. The Morgan fingerprint density at radius 3 is 2.69 bits per heavy atom. The van der Waals surface area contributed by atoms with Crippen LogP contribution in [0.4, 0.5) is 5.82 Å². The second-order valence-electron chi connectivity index (χ2n) is 2.66. The van der Waals surface area contributed by atoms with E-state index in [1.165, 1.54) is 0 Å². The van der Waals surface area contributed by atoms with Crippen LogP contribution in [0.15, 0.2) is 24.7 Å². The van der Waals surface area contributed by atoms with Crippen LogP contribution in [0, 0.1) is 0 Å². The second kappa shape index (κ2) is 2.85. The molecule has 13 heavy (non-hydrogen) atoms. The zero-order valence-electron chi connectivity index (χ0n) is 7.18. The number of nitrogens with zero attached hydrogens (tertiary/aromatic N) is 4. The normalized spacial score (nSPS) is 10.2. The molecule has 0 aliphatic rings. The largest absolute Gasteiger partial charge is 0.382 e. The molecule has 2 aromatic heterocycles. The van der Waals surface area contributed by atoms with Gasteiger partial charge in [0.25, 0.3) is 0 Å². The van der Waals surface area contributed by atoms with Gasteiger partial charge in [0.1, 0.15) is 11.4 Å². The summed E-state index contributed by atoms with van der Waals surface area (Å²) in [6.45, 7) is 0. The highest BCUT2D eigenvalue weighted by Gasteiger charge is 2.06. The van der Waals surface area contributed by atoms with Gasteiger partial charge in [-0.25, -0.2) is 9.97 Å². The molecule has 0 saturated carbocycles. The molecule has 66 valence electrons. The maximum absolute atomic E-state index is 5.64. The van der Waals surface area contributed by atoms with Gasteiger partial charge in [-0.05, 0) is 6.07 Å². The quantitative estimate of drug-likeness (QED) is 0.683. The van der Waals surface area contributed by atoms with Crippen molar-refractivity contribution in [3.05, 3.63) is 24.7 Å². The SMILES string of the molecule is Cn1ccc(-c2nccnc2N)n1. The van der Waals surface area contributed by atoms with Gasteiger partial charge in [0.2, 0.25) is 0 Å². The van der Waals surface area contributed by atoms with E-state index < -0.39 is 0 Å². The molecule has 0 radical (unpaired) electrons. The number of hydrogen-bond acceptors (Lipinski definition) is 4. The molecule has 0 spiro atoms. The van der Waals surface area contributed by atoms with Crippen LogP contribution in [0.5, 0.6) is 0 Å². The van der Waals surface area contributed by atoms with Gasteiger partial charge in [-0.3, -0.25) is 4.68 Å². The molecule has 0 amide bonds. The highest BCUT2D eigenvalue weighted by molar-refractivity contribution is 5.65. The number of nitrogen functional groups attached to an aromatic ring is 1. The molecule has 0 fully saturated rings. The fourth-order valence-corrected chi connectivity index (χ4v) is 1.09. The molecular formula is C8H9N5. The lowest BCUT2D eigenvalue weighted by Gasteiger charge is -1.97. The van der Waals surface area contributed by atoms with Crippen molar-refractivity contribution in [2.45, 2.75) is 0 Å². The number of anilines is 1. The second-order valence-corrected chi connectivity index (χ2v) is 2.66. The number of aromatic nitrogens is 4. The van der Waals surface area contributed by atoms with E-state index in [9.17, 15) is 0 Å². The van der Waals surface area contributed by atoms with Crippen LogP contribution in [0.2, 0.25) is 0 Å². The molecule has 0 bridgehead atoms. The predicted octanol–water partition coefficient (Wildman–Crippen LogP) is 0.459. The van der Waals surface area contributed by atoms with Crippen molar-refractivity contribution in [2.75, 3.05) is 5.73 Å². The lowest BCUT2D eigenvalue weighted by molar-refractivity contribution is 0.770. The molecule has 2 N–H and O–H groups in total. The van der Waals surface area contributed by atoms with Crippen LogP contribution in [-0.4, -0.2) is 19.7 Å². The molecule has 2 aromatic rings.